The Morgan fingerprint density at radius 1 is 1.16 bits per heavy atom. The lowest BCUT2D eigenvalue weighted by molar-refractivity contribution is -0.126. The molecule has 2 aromatic rings. The summed E-state index contributed by atoms with van der Waals surface area (Å²) in [6.45, 7) is 3.82. The summed E-state index contributed by atoms with van der Waals surface area (Å²) in [6.07, 6.45) is 1.41. The Hall–Kier alpha value is -2.34. The van der Waals surface area contributed by atoms with Crippen LogP contribution in [0.2, 0.25) is 0 Å². The number of benzene rings is 1. The zero-order valence-corrected chi connectivity index (χ0v) is 15.1. The molecule has 1 fully saturated rings. The lowest BCUT2D eigenvalue weighted by atomic mass is 9.96. The highest BCUT2D eigenvalue weighted by atomic mass is 32.1. The second-order valence-corrected chi connectivity index (χ2v) is 7.32. The standard InChI is InChI=1S/C19H23N3O2S/c1-14-4-6-15(7-5-14)13-20-18(23)16-8-10-22(11-9-16)19(24)21-17-3-2-12-25-17/h2-7,12,16H,8-11,13H2,1H3,(H,20,23)(H,21,24). The van der Waals surface area contributed by atoms with Crippen molar-refractivity contribution in [1.29, 1.82) is 0 Å². The van der Waals surface area contributed by atoms with Crippen molar-refractivity contribution in [2.45, 2.75) is 26.3 Å². The minimum Gasteiger partial charge on any atom is -0.352 e. The first-order valence-corrected chi connectivity index (χ1v) is 9.42. The molecule has 1 aliphatic heterocycles. The first-order chi connectivity index (χ1) is 12.1. The van der Waals surface area contributed by atoms with Crippen LogP contribution in [0.3, 0.4) is 0 Å². The number of nitrogens with zero attached hydrogens (tertiary/aromatic N) is 1. The van der Waals surface area contributed by atoms with Crippen LogP contribution in [0.1, 0.15) is 24.0 Å². The number of nitrogens with one attached hydrogen (secondary N) is 2. The van der Waals surface area contributed by atoms with E-state index in [9.17, 15) is 9.59 Å². The molecule has 132 valence electrons. The molecule has 1 saturated heterocycles. The minimum atomic E-state index is -0.0824. The summed E-state index contributed by atoms with van der Waals surface area (Å²) in [6, 6.07) is 11.9. The third-order valence-electron chi connectivity index (χ3n) is 4.49. The van der Waals surface area contributed by atoms with Crippen LogP contribution < -0.4 is 10.6 Å². The maximum absolute atomic E-state index is 12.3. The largest absolute Gasteiger partial charge is 0.352 e. The molecule has 5 nitrogen and oxygen atoms in total. The van der Waals surface area contributed by atoms with Gasteiger partial charge in [-0.25, -0.2) is 4.79 Å². The summed E-state index contributed by atoms with van der Waals surface area (Å²) in [7, 11) is 0. The average Bonchev–Trinajstić information content (AvgIpc) is 3.14. The van der Waals surface area contributed by atoms with Gasteiger partial charge in [-0.2, -0.15) is 0 Å². The minimum absolute atomic E-state index is 0.0174. The number of anilines is 1. The number of hydrogen-bond donors (Lipinski definition) is 2. The van der Waals surface area contributed by atoms with Crippen molar-refractivity contribution in [3.8, 4) is 0 Å². The van der Waals surface area contributed by atoms with Crippen LogP contribution in [-0.2, 0) is 11.3 Å². The van der Waals surface area contributed by atoms with Crippen LogP contribution in [-0.4, -0.2) is 29.9 Å². The number of amides is 3. The molecular formula is C19H23N3O2S. The van der Waals surface area contributed by atoms with Crippen LogP contribution in [0.15, 0.2) is 41.8 Å². The normalized spacial score (nSPS) is 15.0. The van der Waals surface area contributed by atoms with E-state index in [0.29, 0.717) is 32.5 Å². The van der Waals surface area contributed by atoms with Gasteiger partial charge < -0.3 is 10.2 Å². The monoisotopic (exact) mass is 357 g/mol. The Morgan fingerprint density at radius 2 is 1.88 bits per heavy atom. The van der Waals surface area contributed by atoms with E-state index in [4.69, 9.17) is 0 Å². The molecule has 0 bridgehead atoms. The summed E-state index contributed by atoms with van der Waals surface area (Å²) < 4.78 is 0. The van der Waals surface area contributed by atoms with Gasteiger partial charge in [0, 0.05) is 25.6 Å². The Balaban J connectivity index is 1.42. The molecule has 1 aromatic carbocycles. The Labute approximate surface area is 152 Å². The van der Waals surface area contributed by atoms with Crippen molar-refractivity contribution in [1.82, 2.24) is 10.2 Å². The van der Waals surface area contributed by atoms with Gasteiger partial charge in [-0.3, -0.25) is 10.1 Å². The Morgan fingerprint density at radius 3 is 2.52 bits per heavy atom. The molecule has 0 unspecified atom stereocenters. The summed E-state index contributed by atoms with van der Waals surface area (Å²) in [5.41, 5.74) is 2.31. The van der Waals surface area contributed by atoms with E-state index in [1.165, 1.54) is 16.9 Å². The van der Waals surface area contributed by atoms with E-state index in [0.717, 1.165) is 10.6 Å². The molecule has 25 heavy (non-hydrogen) atoms. The average molecular weight is 357 g/mol. The molecule has 0 saturated carbocycles. The van der Waals surface area contributed by atoms with Gasteiger partial charge in [-0.15, -0.1) is 11.3 Å². The van der Waals surface area contributed by atoms with Crippen molar-refractivity contribution in [3.63, 3.8) is 0 Å². The number of thiophene rings is 1. The van der Waals surface area contributed by atoms with E-state index in [2.05, 4.69) is 10.6 Å². The number of piperidine rings is 1. The van der Waals surface area contributed by atoms with E-state index < -0.39 is 0 Å². The molecule has 2 heterocycles. The molecule has 0 aliphatic carbocycles. The number of likely N-dealkylation sites (tertiary alicyclic amines) is 1. The van der Waals surface area contributed by atoms with Gasteiger partial charge in [-0.1, -0.05) is 29.8 Å². The van der Waals surface area contributed by atoms with Gasteiger partial charge in [0.05, 0.1) is 5.00 Å². The first-order valence-electron chi connectivity index (χ1n) is 8.54. The molecule has 6 heteroatoms. The van der Waals surface area contributed by atoms with Crippen LogP contribution in [0.5, 0.6) is 0 Å². The predicted molar refractivity (Wildman–Crippen MR) is 101 cm³/mol. The molecule has 3 rings (SSSR count). The van der Waals surface area contributed by atoms with Crippen molar-refractivity contribution in [2.75, 3.05) is 18.4 Å². The molecular weight excluding hydrogens is 334 g/mol. The van der Waals surface area contributed by atoms with Crippen molar-refractivity contribution in [3.05, 3.63) is 52.9 Å². The predicted octanol–water partition coefficient (Wildman–Crippen LogP) is 3.62. The summed E-state index contributed by atoms with van der Waals surface area (Å²) in [5, 5.41) is 8.68. The van der Waals surface area contributed by atoms with Crippen LogP contribution in [0, 0.1) is 12.8 Å². The summed E-state index contributed by atoms with van der Waals surface area (Å²) >= 11 is 1.50. The third kappa shape index (κ3) is 4.82. The second kappa shape index (κ2) is 8.16. The smallest absolute Gasteiger partial charge is 0.322 e. The number of carbonyl (C=O) groups excluding carboxylic acids is 2. The van der Waals surface area contributed by atoms with E-state index in [1.807, 2.05) is 48.7 Å². The fourth-order valence-corrected chi connectivity index (χ4v) is 3.53. The quantitative estimate of drug-likeness (QED) is 0.878. The zero-order valence-electron chi connectivity index (χ0n) is 14.3. The van der Waals surface area contributed by atoms with E-state index in [1.54, 1.807) is 4.90 Å². The maximum Gasteiger partial charge on any atom is 0.322 e. The summed E-state index contributed by atoms with van der Waals surface area (Å²) in [4.78, 5) is 26.3. The van der Waals surface area contributed by atoms with Gasteiger partial charge in [0.2, 0.25) is 5.91 Å². The molecule has 1 aromatic heterocycles. The number of aryl methyl sites for hydroxylation is 1. The fourth-order valence-electron chi connectivity index (χ4n) is 2.92. The van der Waals surface area contributed by atoms with Crippen molar-refractivity contribution in [2.24, 2.45) is 5.92 Å². The van der Waals surface area contributed by atoms with Gasteiger partial charge in [0.25, 0.3) is 0 Å². The van der Waals surface area contributed by atoms with Crippen LogP contribution >= 0.6 is 11.3 Å². The molecule has 3 amide bonds. The number of hydrogen-bond acceptors (Lipinski definition) is 3. The Kier molecular flexibility index (Phi) is 5.71. The van der Waals surface area contributed by atoms with E-state index in [-0.39, 0.29) is 17.9 Å². The van der Waals surface area contributed by atoms with Crippen LogP contribution in [0.25, 0.3) is 0 Å². The highest BCUT2D eigenvalue weighted by Gasteiger charge is 2.27. The number of urea groups is 1. The van der Waals surface area contributed by atoms with Gasteiger partial charge in [-0.05, 0) is 42.8 Å². The lowest BCUT2D eigenvalue weighted by Gasteiger charge is -2.31. The van der Waals surface area contributed by atoms with Gasteiger partial charge in [0.15, 0.2) is 0 Å². The third-order valence-corrected chi connectivity index (χ3v) is 5.28. The SMILES string of the molecule is Cc1ccc(CNC(=O)C2CCN(C(=O)Nc3cccs3)CC2)cc1. The van der Waals surface area contributed by atoms with Gasteiger partial charge in [0.1, 0.15) is 0 Å². The van der Waals surface area contributed by atoms with Crippen molar-refractivity contribution >= 4 is 28.3 Å². The van der Waals surface area contributed by atoms with Crippen molar-refractivity contribution < 1.29 is 9.59 Å². The zero-order chi connectivity index (χ0) is 17.6. The topological polar surface area (TPSA) is 61.4 Å². The van der Waals surface area contributed by atoms with E-state index >= 15 is 0 Å². The molecule has 0 atom stereocenters. The maximum atomic E-state index is 12.3. The highest BCUT2D eigenvalue weighted by molar-refractivity contribution is 7.14. The van der Waals surface area contributed by atoms with Gasteiger partial charge >= 0.3 is 6.03 Å². The molecule has 2 N–H and O–H groups in total. The highest BCUT2D eigenvalue weighted by Crippen LogP contribution is 2.20. The molecule has 0 spiro atoms. The first kappa shape index (κ1) is 17.5. The summed E-state index contributed by atoms with van der Waals surface area (Å²) in [5.74, 6) is 0.0649. The number of rotatable bonds is 4. The number of carbonyl (C=O) groups is 2. The second-order valence-electron chi connectivity index (χ2n) is 6.37. The fraction of sp³-hybridized carbons (Fsp3) is 0.368. The molecule has 0 radical (unpaired) electrons. The lowest BCUT2D eigenvalue weighted by Crippen LogP contribution is -2.44. The Bertz CT molecular complexity index is 705. The molecule has 1 aliphatic rings. The van der Waals surface area contributed by atoms with Crippen LogP contribution in [0.4, 0.5) is 9.80 Å².